The average Bonchev–Trinajstić information content (AvgIpc) is 2.51. The fourth-order valence-corrected chi connectivity index (χ4v) is 2.38. The van der Waals surface area contributed by atoms with Crippen molar-refractivity contribution in [2.45, 2.75) is 13.0 Å². The SMILES string of the molecule is CCOc1ccc(C(NC)c2c(F)cccc2OC)cc1. The van der Waals surface area contributed by atoms with E-state index < -0.39 is 0 Å². The van der Waals surface area contributed by atoms with E-state index in [-0.39, 0.29) is 11.9 Å². The summed E-state index contributed by atoms with van der Waals surface area (Å²) in [7, 11) is 3.34. The first-order valence-electron chi connectivity index (χ1n) is 6.93. The molecule has 0 amide bonds. The number of hydrogen-bond donors (Lipinski definition) is 1. The first-order valence-corrected chi connectivity index (χ1v) is 6.93. The van der Waals surface area contributed by atoms with Crippen LogP contribution in [0.4, 0.5) is 4.39 Å². The van der Waals surface area contributed by atoms with Crippen molar-refractivity contribution in [1.29, 1.82) is 0 Å². The Morgan fingerprint density at radius 2 is 1.86 bits per heavy atom. The van der Waals surface area contributed by atoms with Gasteiger partial charge in [-0.3, -0.25) is 0 Å². The fourth-order valence-electron chi connectivity index (χ4n) is 2.38. The predicted octanol–water partition coefficient (Wildman–Crippen LogP) is 3.54. The Kier molecular flexibility index (Phi) is 5.17. The molecule has 21 heavy (non-hydrogen) atoms. The highest BCUT2D eigenvalue weighted by molar-refractivity contribution is 5.43. The molecule has 1 atom stereocenters. The third kappa shape index (κ3) is 3.34. The molecule has 0 saturated carbocycles. The molecular formula is C17H20FNO2. The van der Waals surface area contributed by atoms with Gasteiger partial charge < -0.3 is 14.8 Å². The van der Waals surface area contributed by atoms with Gasteiger partial charge in [-0.05, 0) is 43.8 Å². The monoisotopic (exact) mass is 289 g/mol. The molecule has 0 aliphatic heterocycles. The molecule has 0 radical (unpaired) electrons. The molecule has 2 aromatic carbocycles. The highest BCUT2D eigenvalue weighted by Crippen LogP contribution is 2.32. The van der Waals surface area contributed by atoms with Gasteiger partial charge in [0, 0.05) is 0 Å². The van der Waals surface area contributed by atoms with E-state index in [1.807, 2.05) is 31.2 Å². The zero-order chi connectivity index (χ0) is 15.2. The van der Waals surface area contributed by atoms with E-state index in [4.69, 9.17) is 9.47 Å². The van der Waals surface area contributed by atoms with Gasteiger partial charge in [0.2, 0.25) is 0 Å². The molecule has 0 fully saturated rings. The lowest BCUT2D eigenvalue weighted by Crippen LogP contribution is -2.19. The molecule has 0 aromatic heterocycles. The lowest BCUT2D eigenvalue weighted by atomic mass is 9.97. The number of ether oxygens (including phenoxy) is 2. The number of benzene rings is 2. The Morgan fingerprint density at radius 1 is 1.14 bits per heavy atom. The number of rotatable bonds is 6. The van der Waals surface area contributed by atoms with Crippen molar-refractivity contribution in [3.05, 3.63) is 59.4 Å². The number of halogens is 1. The summed E-state index contributed by atoms with van der Waals surface area (Å²) in [6.45, 7) is 2.56. The van der Waals surface area contributed by atoms with Crippen molar-refractivity contribution < 1.29 is 13.9 Å². The third-order valence-electron chi connectivity index (χ3n) is 3.33. The topological polar surface area (TPSA) is 30.5 Å². The van der Waals surface area contributed by atoms with Gasteiger partial charge in [0.25, 0.3) is 0 Å². The molecule has 0 aliphatic carbocycles. The van der Waals surface area contributed by atoms with Crippen LogP contribution in [0.5, 0.6) is 11.5 Å². The zero-order valence-electron chi connectivity index (χ0n) is 12.5. The number of hydrogen-bond acceptors (Lipinski definition) is 3. The maximum absolute atomic E-state index is 14.2. The van der Waals surface area contributed by atoms with Crippen LogP contribution < -0.4 is 14.8 Å². The Balaban J connectivity index is 2.40. The first-order chi connectivity index (χ1) is 10.2. The molecule has 0 heterocycles. The number of methoxy groups -OCH3 is 1. The van der Waals surface area contributed by atoms with Gasteiger partial charge >= 0.3 is 0 Å². The highest BCUT2D eigenvalue weighted by Gasteiger charge is 2.20. The van der Waals surface area contributed by atoms with Gasteiger partial charge in [0.05, 0.1) is 25.3 Å². The smallest absolute Gasteiger partial charge is 0.132 e. The second kappa shape index (κ2) is 7.09. The molecule has 1 N–H and O–H groups in total. The van der Waals surface area contributed by atoms with Crippen molar-refractivity contribution in [2.24, 2.45) is 0 Å². The first kappa shape index (κ1) is 15.3. The Morgan fingerprint density at radius 3 is 2.43 bits per heavy atom. The molecule has 4 heteroatoms. The van der Waals surface area contributed by atoms with E-state index in [0.29, 0.717) is 17.9 Å². The van der Waals surface area contributed by atoms with Crippen molar-refractivity contribution in [2.75, 3.05) is 20.8 Å². The minimum absolute atomic E-state index is 0.281. The highest BCUT2D eigenvalue weighted by atomic mass is 19.1. The van der Waals surface area contributed by atoms with E-state index in [2.05, 4.69) is 5.32 Å². The van der Waals surface area contributed by atoms with Crippen LogP contribution in [0.2, 0.25) is 0 Å². The van der Waals surface area contributed by atoms with E-state index in [9.17, 15) is 4.39 Å². The van der Waals surface area contributed by atoms with Crippen LogP contribution in [-0.2, 0) is 0 Å². The van der Waals surface area contributed by atoms with Gasteiger partial charge in [-0.25, -0.2) is 4.39 Å². The summed E-state index contributed by atoms with van der Waals surface area (Å²) in [6, 6.07) is 12.2. The summed E-state index contributed by atoms with van der Waals surface area (Å²) in [5.41, 5.74) is 1.45. The maximum Gasteiger partial charge on any atom is 0.132 e. The van der Waals surface area contributed by atoms with Gasteiger partial charge in [-0.15, -0.1) is 0 Å². The Hall–Kier alpha value is -2.07. The van der Waals surface area contributed by atoms with Gasteiger partial charge in [-0.1, -0.05) is 18.2 Å². The molecule has 1 unspecified atom stereocenters. The molecule has 0 aliphatic rings. The van der Waals surface area contributed by atoms with Gasteiger partial charge in [0.15, 0.2) is 0 Å². The second-order valence-corrected chi connectivity index (χ2v) is 4.58. The lowest BCUT2D eigenvalue weighted by molar-refractivity contribution is 0.340. The quantitative estimate of drug-likeness (QED) is 0.882. The maximum atomic E-state index is 14.2. The summed E-state index contributed by atoms with van der Waals surface area (Å²) in [5.74, 6) is 1.04. The standard InChI is InChI=1S/C17H20FNO2/c1-4-21-13-10-8-12(9-11-13)17(19-2)16-14(18)6-5-7-15(16)20-3/h5-11,17,19H,4H2,1-3H3. The molecule has 2 aromatic rings. The van der Waals surface area contributed by atoms with Crippen molar-refractivity contribution >= 4 is 0 Å². The van der Waals surface area contributed by atoms with Crippen LogP contribution in [0.15, 0.2) is 42.5 Å². The largest absolute Gasteiger partial charge is 0.496 e. The molecule has 0 saturated heterocycles. The average molecular weight is 289 g/mol. The van der Waals surface area contributed by atoms with Crippen LogP contribution >= 0.6 is 0 Å². The Bertz CT molecular complexity index is 584. The molecule has 3 nitrogen and oxygen atoms in total. The van der Waals surface area contributed by atoms with Gasteiger partial charge in [-0.2, -0.15) is 0 Å². The fraction of sp³-hybridized carbons (Fsp3) is 0.294. The molecule has 0 spiro atoms. The minimum atomic E-state index is -0.289. The molecule has 112 valence electrons. The summed E-state index contributed by atoms with van der Waals surface area (Å²) >= 11 is 0. The second-order valence-electron chi connectivity index (χ2n) is 4.58. The summed E-state index contributed by atoms with van der Waals surface area (Å²) < 4.78 is 24.9. The number of nitrogens with one attached hydrogen (secondary N) is 1. The summed E-state index contributed by atoms with van der Waals surface area (Å²) in [4.78, 5) is 0. The molecule has 2 rings (SSSR count). The summed E-state index contributed by atoms with van der Waals surface area (Å²) in [5, 5.41) is 3.14. The molecular weight excluding hydrogens is 269 g/mol. The normalized spacial score (nSPS) is 12.0. The zero-order valence-corrected chi connectivity index (χ0v) is 12.5. The Labute approximate surface area is 124 Å². The minimum Gasteiger partial charge on any atom is -0.496 e. The predicted molar refractivity (Wildman–Crippen MR) is 81.5 cm³/mol. The van der Waals surface area contributed by atoms with Crippen LogP contribution in [0.3, 0.4) is 0 Å². The summed E-state index contributed by atoms with van der Waals surface area (Å²) in [6.07, 6.45) is 0. The third-order valence-corrected chi connectivity index (χ3v) is 3.33. The molecule has 0 bridgehead atoms. The van der Waals surface area contributed by atoms with E-state index in [1.54, 1.807) is 26.3 Å². The van der Waals surface area contributed by atoms with E-state index in [1.165, 1.54) is 6.07 Å². The van der Waals surface area contributed by atoms with Gasteiger partial charge in [0.1, 0.15) is 17.3 Å². The van der Waals surface area contributed by atoms with Crippen molar-refractivity contribution in [3.63, 3.8) is 0 Å². The van der Waals surface area contributed by atoms with Crippen LogP contribution in [-0.4, -0.2) is 20.8 Å². The van der Waals surface area contributed by atoms with Crippen LogP contribution in [0.25, 0.3) is 0 Å². The van der Waals surface area contributed by atoms with Crippen molar-refractivity contribution in [1.82, 2.24) is 5.32 Å². The van der Waals surface area contributed by atoms with Crippen LogP contribution in [0, 0.1) is 5.82 Å². The van der Waals surface area contributed by atoms with E-state index >= 15 is 0 Å². The van der Waals surface area contributed by atoms with Crippen molar-refractivity contribution in [3.8, 4) is 11.5 Å². The van der Waals surface area contributed by atoms with E-state index in [0.717, 1.165) is 11.3 Å². The van der Waals surface area contributed by atoms with Crippen LogP contribution in [0.1, 0.15) is 24.1 Å². The lowest BCUT2D eigenvalue weighted by Gasteiger charge is -2.20.